The van der Waals surface area contributed by atoms with Gasteiger partial charge in [0.05, 0.1) is 19.3 Å². The lowest BCUT2D eigenvalue weighted by Gasteiger charge is -2.24. The zero-order chi connectivity index (χ0) is 27.7. The first kappa shape index (κ1) is 28.7. The second-order valence-corrected chi connectivity index (χ2v) is 8.43. The number of aliphatic hydroxyl groups is 1. The topological polar surface area (TPSA) is 165 Å². The number of ether oxygens (including phenoxy) is 3. The van der Waals surface area contributed by atoms with Crippen molar-refractivity contribution in [3.8, 4) is 11.1 Å². The van der Waals surface area contributed by atoms with Crippen molar-refractivity contribution in [1.29, 1.82) is 0 Å². The molecule has 2 aromatic carbocycles. The van der Waals surface area contributed by atoms with Crippen LogP contribution < -0.4 is 5.43 Å². The molecule has 0 saturated carbocycles. The molecule has 1 aromatic heterocycles. The van der Waals surface area contributed by atoms with E-state index >= 15 is 0 Å². The Morgan fingerprint density at radius 1 is 1.11 bits per heavy atom. The molecular weight excluding hydrogens is 545 g/mol. The number of carbonyl (C=O) groups excluding carboxylic acids is 3. The number of benzene rings is 2. The molecule has 0 fully saturated rings. The van der Waals surface area contributed by atoms with Crippen LogP contribution in [0.5, 0.6) is 0 Å². The van der Waals surface area contributed by atoms with Crippen molar-refractivity contribution < 1.29 is 38.9 Å². The van der Waals surface area contributed by atoms with E-state index in [-0.39, 0.29) is 18.8 Å². The molecule has 0 aliphatic rings. The van der Waals surface area contributed by atoms with Crippen LogP contribution in [0.4, 0.5) is 4.79 Å². The number of nitrogens with zero attached hydrogens (tertiary/aromatic N) is 4. The molecule has 1 atom stereocenters. The van der Waals surface area contributed by atoms with Gasteiger partial charge < -0.3 is 24.5 Å². The monoisotopic (exact) mass is 567 g/mol. The average molecular weight is 568 g/mol. The maximum absolute atomic E-state index is 12.6. The number of halogens is 2. The third-order valence-electron chi connectivity index (χ3n) is 4.85. The van der Waals surface area contributed by atoms with Gasteiger partial charge in [0, 0.05) is 22.2 Å². The van der Waals surface area contributed by atoms with Gasteiger partial charge in [-0.25, -0.2) is 14.6 Å². The summed E-state index contributed by atoms with van der Waals surface area (Å²) in [6, 6.07) is 12.2. The highest BCUT2D eigenvalue weighted by Crippen LogP contribution is 2.30. The maximum atomic E-state index is 12.6. The number of amides is 1. The van der Waals surface area contributed by atoms with Crippen LogP contribution in [0.25, 0.3) is 11.1 Å². The molecule has 3 N–H and O–H groups in total. The van der Waals surface area contributed by atoms with Crippen LogP contribution in [0.1, 0.15) is 23.0 Å². The van der Waals surface area contributed by atoms with E-state index in [0.29, 0.717) is 20.5 Å². The molecule has 0 aliphatic carbocycles. The maximum Gasteiger partial charge on any atom is 0.511 e. The Morgan fingerprint density at radius 3 is 2.50 bits per heavy atom. The van der Waals surface area contributed by atoms with E-state index < -0.39 is 37.5 Å². The van der Waals surface area contributed by atoms with E-state index in [2.05, 4.69) is 25.2 Å². The molecule has 0 saturated heterocycles. The summed E-state index contributed by atoms with van der Waals surface area (Å²) in [7, 11) is 0. The van der Waals surface area contributed by atoms with Crippen LogP contribution >= 0.6 is 23.2 Å². The molecule has 0 aliphatic heterocycles. The standard InChI is InChI=1S/C23H23Cl2N5O8/c1-2-36-23(34)38-13-37-22(33)20(31)12-29(27-21(32)19-11-30(35)28-26-19)10-14-3-5-15(6-4-14)17-9-16(24)7-8-18(17)25/h3-9,11,20,31,35H,2,10,12-13H2,1H3,(H,27,32). The highest BCUT2D eigenvalue weighted by atomic mass is 35.5. The second kappa shape index (κ2) is 13.6. The van der Waals surface area contributed by atoms with Gasteiger partial charge in [0.25, 0.3) is 5.91 Å². The van der Waals surface area contributed by atoms with E-state index in [1.165, 1.54) is 5.01 Å². The van der Waals surface area contributed by atoms with Crippen LogP contribution in [0.3, 0.4) is 0 Å². The summed E-state index contributed by atoms with van der Waals surface area (Å²) in [5.74, 6) is -1.88. The smallest absolute Gasteiger partial charge is 0.435 e. The van der Waals surface area contributed by atoms with E-state index in [1.54, 1.807) is 49.4 Å². The summed E-state index contributed by atoms with van der Waals surface area (Å²) in [5.41, 5.74) is 4.48. The molecule has 1 unspecified atom stereocenters. The van der Waals surface area contributed by atoms with E-state index in [1.807, 2.05) is 0 Å². The Balaban J connectivity index is 1.70. The summed E-state index contributed by atoms with van der Waals surface area (Å²) >= 11 is 12.4. The lowest BCUT2D eigenvalue weighted by atomic mass is 10.0. The Morgan fingerprint density at radius 2 is 1.84 bits per heavy atom. The lowest BCUT2D eigenvalue weighted by Crippen LogP contribution is -2.47. The zero-order valence-corrected chi connectivity index (χ0v) is 21.4. The summed E-state index contributed by atoms with van der Waals surface area (Å²) in [6.07, 6.45) is -1.81. The molecular formula is C23H23Cl2N5O8. The van der Waals surface area contributed by atoms with Crippen LogP contribution in [0.15, 0.2) is 48.7 Å². The molecule has 1 heterocycles. The van der Waals surface area contributed by atoms with Gasteiger partial charge >= 0.3 is 12.1 Å². The van der Waals surface area contributed by atoms with Crippen molar-refractivity contribution in [3.63, 3.8) is 0 Å². The van der Waals surface area contributed by atoms with Gasteiger partial charge in [-0.3, -0.25) is 10.2 Å². The SMILES string of the molecule is CCOC(=O)OCOC(=O)C(O)CN(Cc1ccc(-c2cc(Cl)ccc2Cl)cc1)NC(=O)c1cn(O)nn1. The summed E-state index contributed by atoms with van der Waals surface area (Å²) in [4.78, 5) is 36.3. The predicted molar refractivity (Wildman–Crippen MR) is 132 cm³/mol. The minimum absolute atomic E-state index is 0.0340. The molecule has 13 nitrogen and oxygen atoms in total. The fraction of sp³-hybridized carbons (Fsp3) is 0.261. The zero-order valence-electron chi connectivity index (χ0n) is 19.9. The quantitative estimate of drug-likeness (QED) is 0.135. The lowest BCUT2D eigenvalue weighted by molar-refractivity contribution is -0.164. The number of esters is 1. The fourth-order valence-corrected chi connectivity index (χ4v) is 3.51. The van der Waals surface area contributed by atoms with Gasteiger partial charge in [0.1, 0.15) is 0 Å². The number of rotatable bonds is 11. The molecule has 0 bridgehead atoms. The van der Waals surface area contributed by atoms with Crippen molar-refractivity contribution in [2.75, 3.05) is 19.9 Å². The number of hydrazine groups is 1. The second-order valence-electron chi connectivity index (χ2n) is 7.59. The van der Waals surface area contributed by atoms with Crippen LogP contribution in [0, 0.1) is 0 Å². The van der Waals surface area contributed by atoms with E-state index in [4.69, 9.17) is 27.9 Å². The fourth-order valence-electron chi connectivity index (χ4n) is 3.11. The van der Waals surface area contributed by atoms with Gasteiger partial charge in [-0.05, 0) is 41.5 Å². The highest BCUT2D eigenvalue weighted by molar-refractivity contribution is 6.35. The van der Waals surface area contributed by atoms with E-state index in [9.17, 15) is 24.7 Å². The first-order valence-corrected chi connectivity index (χ1v) is 11.8. The normalized spacial score (nSPS) is 11.6. The van der Waals surface area contributed by atoms with Gasteiger partial charge in [0.2, 0.25) is 6.79 Å². The Bertz CT molecular complexity index is 1270. The number of carbonyl (C=O) groups is 3. The number of hydrogen-bond acceptors (Lipinski definition) is 11. The van der Waals surface area contributed by atoms with Gasteiger partial charge in [-0.1, -0.05) is 52.3 Å². The Kier molecular flexibility index (Phi) is 10.2. The summed E-state index contributed by atoms with van der Waals surface area (Å²) in [5, 5.41) is 28.7. The summed E-state index contributed by atoms with van der Waals surface area (Å²) < 4.78 is 13.8. The molecule has 38 heavy (non-hydrogen) atoms. The third kappa shape index (κ3) is 8.31. The largest absolute Gasteiger partial charge is 0.511 e. The minimum atomic E-state index is -1.74. The highest BCUT2D eigenvalue weighted by Gasteiger charge is 2.24. The number of aromatic nitrogens is 3. The third-order valence-corrected chi connectivity index (χ3v) is 5.41. The Labute approximate surface area is 226 Å². The number of hydrogen-bond donors (Lipinski definition) is 3. The van der Waals surface area contributed by atoms with Crippen LogP contribution in [0.2, 0.25) is 10.0 Å². The van der Waals surface area contributed by atoms with Crippen molar-refractivity contribution in [1.82, 2.24) is 25.6 Å². The number of aliphatic hydroxyl groups excluding tert-OH is 1. The number of nitrogens with one attached hydrogen (secondary N) is 1. The van der Waals surface area contributed by atoms with Crippen molar-refractivity contribution >= 4 is 41.2 Å². The molecule has 202 valence electrons. The van der Waals surface area contributed by atoms with E-state index in [0.717, 1.165) is 17.3 Å². The molecule has 1 amide bonds. The summed E-state index contributed by atoms with van der Waals surface area (Å²) in [6.45, 7) is 0.488. The van der Waals surface area contributed by atoms with Crippen molar-refractivity contribution in [3.05, 3.63) is 70.0 Å². The molecule has 0 radical (unpaired) electrons. The van der Waals surface area contributed by atoms with Gasteiger partial charge in [0.15, 0.2) is 11.8 Å². The minimum Gasteiger partial charge on any atom is -0.435 e. The molecule has 15 heteroatoms. The van der Waals surface area contributed by atoms with Gasteiger partial charge in [-0.15, -0.1) is 5.10 Å². The molecule has 3 rings (SSSR count). The predicted octanol–water partition coefficient (Wildman–Crippen LogP) is 2.67. The molecule has 3 aromatic rings. The van der Waals surface area contributed by atoms with Crippen LogP contribution in [-0.2, 0) is 25.5 Å². The first-order chi connectivity index (χ1) is 18.2. The van der Waals surface area contributed by atoms with Gasteiger partial charge in [-0.2, -0.15) is 0 Å². The Hall–Kier alpha value is -3.91. The first-order valence-electron chi connectivity index (χ1n) is 11.0. The molecule has 0 spiro atoms. The van der Waals surface area contributed by atoms with Crippen molar-refractivity contribution in [2.24, 2.45) is 0 Å². The van der Waals surface area contributed by atoms with Crippen LogP contribution in [-0.4, -0.2) is 74.6 Å². The average Bonchev–Trinajstić information content (AvgIpc) is 3.32. The van der Waals surface area contributed by atoms with Crippen molar-refractivity contribution in [2.45, 2.75) is 19.6 Å².